The van der Waals surface area contributed by atoms with Crippen LogP contribution in [0.15, 0.2) is 24.3 Å². The lowest BCUT2D eigenvalue weighted by atomic mass is 10.0. The van der Waals surface area contributed by atoms with Gasteiger partial charge in [0, 0.05) is 13.1 Å². The van der Waals surface area contributed by atoms with E-state index in [9.17, 15) is 4.79 Å². The van der Waals surface area contributed by atoms with Crippen LogP contribution < -0.4 is 4.74 Å². The van der Waals surface area contributed by atoms with Crippen LogP contribution in [0.5, 0.6) is 5.75 Å². The number of carbonyl (C=O) groups is 1. The molecule has 1 aromatic carbocycles. The molecule has 1 atom stereocenters. The predicted octanol–water partition coefficient (Wildman–Crippen LogP) is 3.20. The molecule has 1 aliphatic heterocycles. The third-order valence-electron chi connectivity index (χ3n) is 3.63. The Labute approximate surface area is 115 Å². The molecule has 0 unspecified atom stereocenters. The maximum Gasteiger partial charge on any atom is 0.263 e. The molecule has 0 spiro atoms. The number of amides is 1. The summed E-state index contributed by atoms with van der Waals surface area (Å²) in [6.45, 7) is 7.90. The van der Waals surface area contributed by atoms with Crippen molar-refractivity contribution in [2.45, 2.75) is 45.6 Å². The average Bonchev–Trinajstić information content (AvgIpc) is 2.92. The minimum absolute atomic E-state index is 0.102. The van der Waals surface area contributed by atoms with E-state index in [1.165, 1.54) is 5.56 Å². The lowest BCUT2D eigenvalue weighted by molar-refractivity contribution is -0.136. The summed E-state index contributed by atoms with van der Waals surface area (Å²) in [5.41, 5.74) is 1.28. The minimum Gasteiger partial charge on any atom is -0.481 e. The summed E-state index contributed by atoms with van der Waals surface area (Å²) in [5, 5.41) is 0. The van der Waals surface area contributed by atoms with Gasteiger partial charge in [-0.25, -0.2) is 0 Å². The van der Waals surface area contributed by atoms with E-state index in [4.69, 9.17) is 4.74 Å². The van der Waals surface area contributed by atoms with E-state index in [1.807, 2.05) is 24.0 Å². The third-order valence-corrected chi connectivity index (χ3v) is 3.63. The molecule has 2 rings (SSSR count). The molecule has 0 aromatic heterocycles. The summed E-state index contributed by atoms with van der Waals surface area (Å²) < 4.78 is 5.73. The summed E-state index contributed by atoms with van der Waals surface area (Å²) in [5.74, 6) is 1.38. The summed E-state index contributed by atoms with van der Waals surface area (Å²) in [4.78, 5) is 14.0. The normalized spacial score (nSPS) is 16.7. The van der Waals surface area contributed by atoms with Crippen molar-refractivity contribution < 1.29 is 9.53 Å². The summed E-state index contributed by atoms with van der Waals surface area (Å²) in [6.07, 6.45) is 1.83. The van der Waals surface area contributed by atoms with Crippen molar-refractivity contribution in [2.75, 3.05) is 13.1 Å². The van der Waals surface area contributed by atoms with Crippen molar-refractivity contribution in [3.05, 3.63) is 29.8 Å². The smallest absolute Gasteiger partial charge is 0.263 e. The maximum atomic E-state index is 12.1. The SMILES string of the molecule is CC(C)c1ccc(O[C@@H](C)C(=O)N2CCCC2)cc1. The molecule has 3 nitrogen and oxygen atoms in total. The lowest BCUT2D eigenvalue weighted by Gasteiger charge is -2.21. The van der Waals surface area contributed by atoms with Crippen molar-refractivity contribution in [1.82, 2.24) is 4.90 Å². The Balaban J connectivity index is 1.94. The molecule has 3 heteroatoms. The average molecular weight is 261 g/mol. The second-order valence-electron chi connectivity index (χ2n) is 5.52. The van der Waals surface area contributed by atoms with E-state index >= 15 is 0 Å². The van der Waals surface area contributed by atoms with Crippen LogP contribution in [0, 0.1) is 0 Å². The zero-order valence-electron chi connectivity index (χ0n) is 12.1. The molecule has 0 aliphatic carbocycles. The van der Waals surface area contributed by atoms with E-state index in [0.29, 0.717) is 5.92 Å². The summed E-state index contributed by atoms with van der Waals surface area (Å²) in [7, 11) is 0. The second-order valence-corrected chi connectivity index (χ2v) is 5.52. The van der Waals surface area contributed by atoms with Crippen molar-refractivity contribution in [3.63, 3.8) is 0 Å². The number of hydrogen-bond donors (Lipinski definition) is 0. The Bertz CT molecular complexity index is 419. The van der Waals surface area contributed by atoms with E-state index in [2.05, 4.69) is 26.0 Å². The minimum atomic E-state index is -0.400. The molecule has 1 fully saturated rings. The number of ether oxygens (including phenoxy) is 1. The first-order valence-electron chi connectivity index (χ1n) is 7.13. The topological polar surface area (TPSA) is 29.5 Å². The van der Waals surface area contributed by atoms with Gasteiger partial charge in [0.15, 0.2) is 6.10 Å². The van der Waals surface area contributed by atoms with Crippen LogP contribution in [0.25, 0.3) is 0 Å². The summed E-state index contributed by atoms with van der Waals surface area (Å²) in [6, 6.07) is 8.02. The number of carbonyl (C=O) groups excluding carboxylic acids is 1. The van der Waals surface area contributed by atoms with Gasteiger partial charge in [-0.15, -0.1) is 0 Å². The van der Waals surface area contributed by atoms with Gasteiger partial charge >= 0.3 is 0 Å². The number of benzene rings is 1. The van der Waals surface area contributed by atoms with Crippen LogP contribution in [0.4, 0.5) is 0 Å². The van der Waals surface area contributed by atoms with Crippen molar-refractivity contribution >= 4 is 5.91 Å². The Kier molecular flexibility index (Phi) is 4.46. The van der Waals surface area contributed by atoms with Crippen LogP contribution in [0.2, 0.25) is 0 Å². The van der Waals surface area contributed by atoms with Crippen LogP contribution in [-0.2, 0) is 4.79 Å². The molecule has 0 radical (unpaired) electrons. The van der Waals surface area contributed by atoms with Crippen LogP contribution in [0.3, 0.4) is 0 Å². The first kappa shape index (κ1) is 13.9. The highest BCUT2D eigenvalue weighted by molar-refractivity contribution is 5.81. The maximum absolute atomic E-state index is 12.1. The fourth-order valence-electron chi connectivity index (χ4n) is 2.38. The fourth-order valence-corrected chi connectivity index (χ4v) is 2.38. The van der Waals surface area contributed by atoms with Gasteiger partial charge in [-0.3, -0.25) is 4.79 Å². The number of hydrogen-bond acceptors (Lipinski definition) is 2. The molecular formula is C16H23NO2. The van der Waals surface area contributed by atoms with E-state index in [1.54, 1.807) is 0 Å². The van der Waals surface area contributed by atoms with E-state index < -0.39 is 6.10 Å². The first-order chi connectivity index (χ1) is 9.08. The van der Waals surface area contributed by atoms with Gasteiger partial charge in [-0.2, -0.15) is 0 Å². The predicted molar refractivity (Wildman–Crippen MR) is 76.4 cm³/mol. The van der Waals surface area contributed by atoms with Gasteiger partial charge in [0.05, 0.1) is 0 Å². The Morgan fingerprint density at radius 3 is 2.21 bits per heavy atom. The van der Waals surface area contributed by atoms with Crippen LogP contribution in [-0.4, -0.2) is 30.0 Å². The highest BCUT2D eigenvalue weighted by atomic mass is 16.5. The van der Waals surface area contributed by atoms with Crippen molar-refractivity contribution in [2.24, 2.45) is 0 Å². The van der Waals surface area contributed by atoms with Gasteiger partial charge in [0.2, 0.25) is 0 Å². The van der Waals surface area contributed by atoms with E-state index in [-0.39, 0.29) is 5.91 Å². The first-order valence-corrected chi connectivity index (χ1v) is 7.13. The number of nitrogens with zero attached hydrogens (tertiary/aromatic N) is 1. The lowest BCUT2D eigenvalue weighted by Crippen LogP contribution is -2.38. The second kappa shape index (κ2) is 6.09. The molecule has 1 amide bonds. The zero-order chi connectivity index (χ0) is 13.8. The van der Waals surface area contributed by atoms with Gasteiger partial charge in [-0.1, -0.05) is 26.0 Å². The van der Waals surface area contributed by atoms with Gasteiger partial charge in [-0.05, 0) is 43.4 Å². The highest BCUT2D eigenvalue weighted by Gasteiger charge is 2.24. The quantitative estimate of drug-likeness (QED) is 0.833. The van der Waals surface area contributed by atoms with Crippen molar-refractivity contribution in [3.8, 4) is 5.75 Å². The fraction of sp³-hybridized carbons (Fsp3) is 0.562. The zero-order valence-corrected chi connectivity index (χ0v) is 12.1. The Morgan fingerprint density at radius 2 is 1.68 bits per heavy atom. The molecule has 1 aromatic rings. The van der Waals surface area contributed by atoms with E-state index in [0.717, 1.165) is 31.7 Å². The number of rotatable bonds is 4. The van der Waals surface area contributed by atoms with Gasteiger partial charge in [0.1, 0.15) is 5.75 Å². The summed E-state index contributed by atoms with van der Waals surface area (Å²) >= 11 is 0. The molecule has 1 aliphatic rings. The molecule has 1 heterocycles. The van der Waals surface area contributed by atoms with Gasteiger partial charge in [0.25, 0.3) is 5.91 Å². The van der Waals surface area contributed by atoms with Crippen molar-refractivity contribution in [1.29, 1.82) is 0 Å². The molecule has 0 bridgehead atoms. The molecule has 0 saturated carbocycles. The molecule has 1 saturated heterocycles. The Morgan fingerprint density at radius 1 is 1.11 bits per heavy atom. The van der Waals surface area contributed by atoms with Crippen LogP contribution >= 0.6 is 0 Å². The molecule has 0 N–H and O–H groups in total. The molecule has 19 heavy (non-hydrogen) atoms. The Hall–Kier alpha value is -1.51. The monoisotopic (exact) mass is 261 g/mol. The molecule has 104 valence electrons. The largest absolute Gasteiger partial charge is 0.481 e. The standard InChI is InChI=1S/C16H23NO2/c1-12(2)14-6-8-15(9-7-14)19-13(3)16(18)17-10-4-5-11-17/h6-9,12-13H,4-5,10-11H2,1-3H3/t13-/m0/s1. The van der Waals surface area contributed by atoms with Gasteiger partial charge < -0.3 is 9.64 Å². The highest BCUT2D eigenvalue weighted by Crippen LogP contribution is 2.20. The third kappa shape index (κ3) is 3.49. The number of likely N-dealkylation sites (tertiary alicyclic amines) is 1. The van der Waals surface area contributed by atoms with Crippen LogP contribution in [0.1, 0.15) is 45.1 Å². The molecular weight excluding hydrogens is 238 g/mol.